The Hall–Kier alpha value is -1.93. The van der Waals surface area contributed by atoms with Crippen molar-refractivity contribution in [1.29, 1.82) is 0 Å². The molecule has 2 aromatic rings. The standard InChI is InChI=1S/C16H16BrFN2O3S/c1-3-13-9(2)6-14(24-13)16(22)20-19-15(21)8-23-12-5-4-10(18)7-11(12)17/h4-7H,3,8H2,1-2H3,(H,19,21)(H,20,22). The van der Waals surface area contributed by atoms with Crippen LogP contribution in [-0.2, 0) is 11.2 Å². The first-order valence-electron chi connectivity index (χ1n) is 7.17. The summed E-state index contributed by atoms with van der Waals surface area (Å²) in [5, 5.41) is 0. The zero-order chi connectivity index (χ0) is 17.7. The summed E-state index contributed by atoms with van der Waals surface area (Å²) in [6.07, 6.45) is 0.858. The number of halogens is 2. The molecule has 0 aliphatic heterocycles. The van der Waals surface area contributed by atoms with Crippen LogP contribution in [0.3, 0.4) is 0 Å². The molecular formula is C16H16BrFN2O3S. The van der Waals surface area contributed by atoms with Crippen molar-refractivity contribution < 1.29 is 18.7 Å². The SMILES string of the molecule is CCc1sc(C(=O)NNC(=O)COc2ccc(F)cc2Br)cc1C. The maximum absolute atomic E-state index is 13.0. The van der Waals surface area contributed by atoms with Crippen LogP contribution >= 0.6 is 27.3 Å². The maximum atomic E-state index is 13.0. The highest BCUT2D eigenvalue weighted by molar-refractivity contribution is 9.10. The number of amides is 2. The van der Waals surface area contributed by atoms with Crippen molar-refractivity contribution in [2.24, 2.45) is 0 Å². The monoisotopic (exact) mass is 414 g/mol. The van der Waals surface area contributed by atoms with E-state index in [9.17, 15) is 14.0 Å². The molecule has 8 heteroatoms. The highest BCUT2D eigenvalue weighted by atomic mass is 79.9. The fraction of sp³-hybridized carbons (Fsp3) is 0.250. The Bertz CT molecular complexity index is 764. The molecule has 1 heterocycles. The third-order valence-electron chi connectivity index (χ3n) is 3.13. The summed E-state index contributed by atoms with van der Waals surface area (Å²) in [5.74, 6) is -0.981. The Morgan fingerprint density at radius 2 is 2.04 bits per heavy atom. The molecule has 24 heavy (non-hydrogen) atoms. The van der Waals surface area contributed by atoms with Gasteiger partial charge >= 0.3 is 0 Å². The van der Waals surface area contributed by atoms with Gasteiger partial charge in [-0.1, -0.05) is 6.92 Å². The van der Waals surface area contributed by atoms with Crippen LogP contribution in [0.5, 0.6) is 5.75 Å². The molecule has 1 aromatic carbocycles. The minimum Gasteiger partial charge on any atom is -0.483 e. The molecule has 0 fully saturated rings. The lowest BCUT2D eigenvalue weighted by molar-refractivity contribution is -0.123. The molecule has 0 aliphatic rings. The summed E-state index contributed by atoms with van der Waals surface area (Å²) in [6, 6.07) is 5.66. The average molecular weight is 415 g/mol. The van der Waals surface area contributed by atoms with Crippen LogP contribution in [0, 0.1) is 12.7 Å². The lowest BCUT2D eigenvalue weighted by Gasteiger charge is -2.09. The van der Waals surface area contributed by atoms with Gasteiger partial charge in [0.1, 0.15) is 11.6 Å². The average Bonchev–Trinajstić information content (AvgIpc) is 2.92. The van der Waals surface area contributed by atoms with Gasteiger partial charge in [0.2, 0.25) is 0 Å². The van der Waals surface area contributed by atoms with Crippen molar-refractivity contribution in [2.75, 3.05) is 6.61 Å². The molecule has 0 saturated heterocycles. The van der Waals surface area contributed by atoms with Gasteiger partial charge in [0.15, 0.2) is 6.61 Å². The van der Waals surface area contributed by atoms with E-state index in [0.717, 1.165) is 16.9 Å². The molecule has 0 bridgehead atoms. The molecule has 0 unspecified atom stereocenters. The first-order chi connectivity index (χ1) is 11.4. The third kappa shape index (κ3) is 4.78. The number of aryl methyl sites for hydroxylation is 2. The van der Waals surface area contributed by atoms with Crippen molar-refractivity contribution in [3.8, 4) is 5.75 Å². The summed E-state index contributed by atoms with van der Waals surface area (Å²) in [7, 11) is 0. The minimum absolute atomic E-state index is 0.311. The number of carbonyl (C=O) groups excluding carboxylic acids is 2. The highest BCUT2D eigenvalue weighted by Crippen LogP contribution is 2.25. The summed E-state index contributed by atoms with van der Waals surface area (Å²) >= 11 is 4.54. The number of rotatable bonds is 5. The normalized spacial score (nSPS) is 10.3. The first kappa shape index (κ1) is 18.4. The third-order valence-corrected chi connectivity index (χ3v) is 5.13. The molecule has 2 N–H and O–H groups in total. The van der Waals surface area contributed by atoms with Crippen LogP contribution in [0.4, 0.5) is 4.39 Å². The summed E-state index contributed by atoms with van der Waals surface area (Å²) in [4.78, 5) is 25.4. The van der Waals surface area contributed by atoms with Gasteiger partial charge in [-0.05, 0) is 59.1 Å². The Morgan fingerprint density at radius 1 is 1.29 bits per heavy atom. The molecule has 0 saturated carbocycles. The van der Waals surface area contributed by atoms with Crippen molar-refractivity contribution in [2.45, 2.75) is 20.3 Å². The van der Waals surface area contributed by atoms with E-state index in [1.165, 1.54) is 29.5 Å². The molecule has 2 rings (SSSR count). The second-order valence-corrected chi connectivity index (χ2v) is 6.93. The van der Waals surface area contributed by atoms with Crippen molar-refractivity contribution in [3.05, 3.63) is 49.9 Å². The van der Waals surface area contributed by atoms with Crippen LogP contribution < -0.4 is 15.6 Å². The lowest BCUT2D eigenvalue weighted by Crippen LogP contribution is -2.43. The number of ether oxygens (including phenoxy) is 1. The number of hydrazine groups is 1. The van der Waals surface area contributed by atoms with E-state index >= 15 is 0 Å². The van der Waals surface area contributed by atoms with Crippen LogP contribution in [0.25, 0.3) is 0 Å². The van der Waals surface area contributed by atoms with Crippen molar-refractivity contribution >= 4 is 39.1 Å². The number of nitrogens with one attached hydrogen (secondary N) is 2. The number of thiophene rings is 1. The Balaban J connectivity index is 1.83. The predicted molar refractivity (Wildman–Crippen MR) is 93.6 cm³/mol. The van der Waals surface area contributed by atoms with Crippen LogP contribution in [-0.4, -0.2) is 18.4 Å². The fourth-order valence-corrected chi connectivity index (χ4v) is 3.42. The highest BCUT2D eigenvalue weighted by Gasteiger charge is 2.13. The van der Waals surface area contributed by atoms with E-state index in [1.54, 1.807) is 6.07 Å². The van der Waals surface area contributed by atoms with Gasteiger partial charge in [0.25, 0.3) is 11.8 Å². The van der Waals surface area contributed by atoms with Gasteiger partial charge in [0.05, 0.1) is 9.35 Å². The quantitative estimate of drug-likeness (QED) is 0.737. The van der Waals surface area contributed by atoms with Crippen LogP contribution in [0.2, 0.25) is 0 Å². The molecule has 0 radical (unpaired) electrons. The van der Waals surface area contributed by atoms with E-state index in [0.29, 0.717) is 15.1 Å². The molecular weight excluding hydrogens is 399 g/mol. The Kier molecular flexibility index (Phi) is 6.33. The van der Waals surface area contributed by atoms with Crippen LogP contribution in [0.1, 0.15) is 27.0 Å². The van der Waals surface area contributed by atoms with Crippen molar-refractivity contribution in [3.63, 3.8) is 0 Å². The molecule has 0 spiro atoms. The maximum Gasteiger partial charge on any atom is 0.279 e. The van der Waals surface area contributed by atoms with Gasteiger partial charge in [0, 0.05) is 4.88 Å². The van der Waals surface area contributed by atoms with Gasteiger partial charge in [-0.3, -0.25) is 20.4 Å². The molecule has 0 atom stereocenters. The lowest BCUT2D eigenvalue weighted by atomic mass is 10.2. The Labute approximate surface area is 151 Å². The second-order valence-electron chi connectivity index (χ2n) is 4.94. The molecule has 5 nitrogen and oxygen atoms in total. The fourth-order valence-electron chi connectivity index (χ4n) is 1.94. The first-order valence-corrected chi connectivity index (χ1v) is 8.78. The van der Waals surface area contributed by atoms with E-state index in [1.807, 2.05) is 13.8 Å². The molecule has 0 aliphatic carbocycles. The topological polar surface area (TPSA) is 67.4 Å². The van der Waals surface area contributed by atoms with E-state index in [4.69, 9.17) is 4.74 Å². The van der Waals surface area contributed by atoms with E-state index in [2.05, 4.69) is 26.8 Å². The molecule has 1 aromatic heterocycles. The zero-order valence-electron chi connectivity index (χ0n) is 13.1. The van der Waals surface area contributed by atoms with E-state index in [-0.39, 0.29) is 12.5 Å². The smallest absolute Gasteiger partial charge is 0.279 e. The number of carbonyl (C=O) groups is 2. The van der Waals surface area contributed by atoms with Crippen LogP contribution in [0.15, 0.2) is 28.7 Å². The summed E-state index contributed by atoms with van der Waals surface area (Å²) in [6.45, 7) is 3.65. The predicted octanol–water partition coefficient (Wildman–Crippen LogP) is 3.36. The molecule has 128 valence electrons. The van der Waals surface area contributed by atoms with Gasteiger partial charge in [-0.25, -0.2) is 4.39 Å². The number of hydrogen-bond acceptors (Lipinski definition) is 4. The zero-order valence-corrected chi connectivity index (χ0v) is 15.5. The number of hydrogen-bond donors (Lipinski definition) is 2. The summed E-state index contributed by atoms with van der Waals surface area (Å²) in [5.41, 5.74) is 5.68. The molecule has 2 amide bonds. The van der Waals surface area contributed by atoms with Gasteiger partial charge in [-0.2, -0.15) is 0 Å². The second kappa shape index (κ2) is 8.25. The number of benzene rings is 1. The largest absolute Gasteiger partial charge is 0.483 e. The van der Waals surface area contributed by atoms with Gasteiger partial charge in [-0.15, -0.1) is 11.3 Å². The minimum atomic E-state index is -0.524. The summed E-state index contributed by atoms with van der Waals surface area (Å²) < 4.78 is 18.6. The van der Waals surface area contributed by atoms with E-state index < -0.39 is 11.7 Å². The van der Waals surface area contributed by atoms with Crippen molar-refractivity contribution in [1.82, 2.24) is 10.9 Å². The van der Waals surface area contributed by atoms with Gasteiger partial charge < -0.3 is 4.74 Å². The Morgan fingerprint density at radius 3 is 2.67 bits per heavy atom.